The van der Waals surface area contributed by atoms with Gasteiger partial charge in [0, 0.05) is 18.3 Å². The number of halogens is 3. The number of rotatable bonds is 4. The van der Waals surface area contributed by atoms with E-state index in [1.54, 1.807) is 0 Å². The Balaban J connectivity index is 1.60. The van der Waals surface area contributed by atoms with Crippen molar-refractivity contribution in [3.05, 3.63) is 66.1 Å². The lowest BCUT2D eigenvalue weighted by Gasteiger charge is -2.14. The summed E-state index contributed by atoms with van der Waals surface area (Å²) in [6.45, 7) is 0. The molecule has 3 aromatic rings. The van der Waals surface area contributed by atoms with E-state index in [4.69, 9.17) is 0 Å². The van der Waals surface area contributed by atoms with Crippen LogP contribution in [0.15, 0.2) is 42.9 Å². The van der Waals surface area contributed by atoms with Crippen molar-refractivity contribution >= 4 is 11.7 Å². The number of anilines is 1. The minimum absolute atomic E-state index is 0.0618. The van der Waals surface area contributed by atoms with Crippen LogP contribution in [0.2, 0.25) is 0 Å². The summed E-state index contributed by atoms with van der Waals surface area (Å²) >= 11 is 0. The molecule has 0 spiro atoms. The van der Waals surface area contributed by atoms with E-state index in [-0.39, 0.29) is 17.2 Å². The predicted octanol–water partition coefficient (Wildman–Crippen LogP) is 2.75. The molecular weight excluding hydrogens is 347 g/mol. The minimum Gasteiger partial charge on any atom is -0.308 e. The molecule has 3 heterocycles. The minimum atomic E-state index is -1.08. The molecule has 4 rings (SSSR count). The zero-order valence-electron chi connectivity index (χ0n) is 13.3. The third-order valence-electron chi connectivity index (χ3n) is 4.24. The fourth-order valence-corrected chi connectivity index (χ4v) is 2.79. The molecule has 0 atom stereocenters. The van der Waals surface area contributed by atoms with Crippen molar-refractivity contribution in [2.24, 2.45) is 0 Å². The molecule has 1 aliphatic rings. The summed E-state index contributed by atoms with van der Waals surface area (Å²) in [4.78, 5) is 20.2. The zero-order chi connectivity index (χ0) is 18.3. The Labute approximate surface area is 145 Å². The maximum Gasteiger partial charge on any atom is 0.237 e. The Morgan fingerprint density at radius 3 is 2.69 bits per heavy atom. The van der Waals surface area contributed by atoms with Gasteiger partial charge in [-0.1, -0.05) is 0 Å². The van der Waals surface area contributed by atoms with Crippen LogP contribution in [0.1, 0.15) is 18.5 Å². The van der Waals surface area contributed by atoms with Crippen molar-refractivity contribution in [3.8, 4) is 5.69 Å². The van der Waals surface area contributed by atoms with Gasteiger partial charge in [0.2, 0.25) is 11.9 Å². The lowest BCUT2D eigenvalue weighted by atomic mass is 10.00. The van der Waals surface area contributed by atoms with Crippen molar-refractivity contribution < 1.29 is 18.0 Å². The Morgan fingerprint density at radius 2 is 2.00 bits per heavy atom. The first-order valence-corrected chi connectivity index (χ1v) is 7.78. The van der Waals surface area contributed by atoms with E-state index in [0.717, 1.165) is 23.0 Å². The molecule has 3 aromatic heterocycles. The highest BCUT2D eigenvalue weighted by Gasteiger charge is 2.54. The van der Waals surface area contributed by atoms with Crippen LogP contribution in [0.4, 0.5) is 19.0 Å². The second-order valence-corrected chi connectivity index (χ2v) is 6.00. The van der Waals surface area contributed by atoms with Crippen molar-refractivity contribution in [2.45, 2.75) is 18.3 Å². The highest BCUT2D eigenvalue weighted by atomic mass is 19.1. The SMILES string of the molecule is O=C(Nc1cc(F)n(-c2cncc(F)c2)n1)C1(c2ncccc2F)CC1. The maximum atomic E-state index is 14.1. The number of nitrogens with one attached hydrogen (secondary N) is 1. The quantitative estimate of drug-likeness (QED) is 0.777. The maximum absolute atomic E-state index is 14.1. The van der Waals surface area contributed by atoms with Crippen LogP contribution in [0.3, 0.4) is 0 Å². The second-order valence-electron chi connectivity index (χ2n) is 6.00. The molecule has 0 unspecified atom stereocenters. The molecule has 0 bridgehead atoms. The van der Waals surface area contributed by atoms with Gasteiger partial charge in [0.15, 0.2) is 5.82 Å². The highest BCUT2D eigenvalue weighted by molar-refractivity contribution is 6.00. The van der Waals surface area contributed by atoms with Crippen molar-refractivity contribution in [1.82, 2.24) is 19.7 Å². The van der Waals surface area contributed by atoms with Crippen LogP contribution in [-0.4, -0.2) is 25.7 Å². The second kappa shape index (κ2) is 5.94. The van der Waals surface area contributed by atoms with E-state index < -0.39 is 28.9 Å². The monoisotopic (exact) mass is 359 g/mol. The lowest BCUT2D eigenvalue weighted by Crippen LogP contribution is -2.29. The van der Waals surface area contributed by atoms with E-state index >= 15 is 0 Å². The largest absolute Gasteiger partial charge is 0.308 e. The Bertz CT molecular complexity index is 1000. The van der Waals surface area contributed by atoms with Crippen LogP contribution >= 0.6 is 0 Å². The fourth-order valence-electron chi connectivity index (χ4n) is 2.79. The molecule has 1 fully saturated rings. The molecule has 1 saturated carbocycles. The molecule has 0 aromatic carbocycles. The molecule has 1 aliphatic carbocycles. The van der Waals surface area contributed by atoms with Gasteiger partial charge in [-0.15, -0.1) is 5.10 Å². The van der Waals surface area contributed by atoms with Gasteiger partial charge in [-0.2, -0.15) is 4.39 Å². The Hall–Kier alpha value is -3.23. The molecule has 9 heteroatoms. The molecule has 0 aliphatic heterocycles. The van der Waals surface area contributed by atoms with Gasteiger partial charge in [-0.05, 0) is 25.0 Å². The molecule has 132 valence electrons. The van der Waals surface area contributed by atoms with E-state index in [1.807, 2.05) is 0 Å². The number of amides is 1. The fraction of sp³-hybridized carbons (Fsp3) is 0.176. The van der Waals surface area contributed by atoms with E-state index in [9.17, 15) is 18.0 Å². The molecule has 1 amide bonds. The summed E-state index contributed by atoms with van der Waals surface area (Å²) in [5.41, 5.74) is -0.946. The number of carbonyl (C=O) groups excluding carboxylic acids is 1. The van der Waals surface area contributed by atoms with E-state index in [2.05, 4.69) is 20.4 Å². The zero-order valence-corrected chi connectivity index (χ0v) is 13.3. The van der Waals surface area contributed by atoms with Gasteiger partial charge >= 0.3 is 0 Å². The van der Waals surface area contributed by atoms with Gasteiger partial charge in [0.25, 0.3) is 0 Å². The van der Waals surface area contributed by atoms with Crippen LogP contribution in [0.25, 0.3) is 5.69 Å². The molecule has 1 N–H and O–H groups in total. The van der Waals surface area contributed by atoms with Gasteiger partial charge < -0.3 is 5.32 Å². The summed E-state index contributed by atoms with van der Waals surface area (Å²) in [6.07, 6.45) is 4.49. The van der Waals surface area contributed by atoms with E-state index in [0.29, 0.717) is 12.8 Å². The first-order valence-electron chi connectivity index (χ1n) is 7.78. The summed E-state index contributed by atoms with van der Waals surface area (Å²) in [7, 11) is 0. The molecule has 6 nitrogen and oxygen atoms in total. The molecular formula is C17H12F3N5O. The number of carbonyl (C=O) groups is 1. The van der Waals surface area contributed by atoms with Gasteiger partial charge in [-0.25, -0.2) is 13.5 Å². The van der Waals surface area contributed by atoms with Crippen molar-refractivity contribution in [3.63, 3.8) is 0 Å². The van der Waals surface area contributed by atoms with Crippen LogP contribution in [0, 0.1) is 17.6 Å². The smallest absolute Gasteiger partial charge is 0.237 e. The summed E-state index contributed by atoms with van der Waals surface area (Å²) in [5.74, 6) is -2.61. The topological polar surface area (TPSA) is 72.7 Å². The van der Waals surface area contributed by atoms with Gasteiger partial charge in [-0.3, -0.25) is 14.8 Å². The predicted molar refractivity (Wildman–Crippen MR) is 85.0 cm³/mol. The van der Waals surface area contributed by atoms with E-state index in [1.165, 1.54) is 24.5 Å². The Kier molecular flexibility index (Phi) is 3.71. The van der Waals surface area contributed by atoms with Gasteiger partial charge in [0.1, 0.15) is 11.6 Å². The lowest BCUT2D eigenvalue weighted by molar-refractivity contribution is -0.118. The highest BCUT2D eigenvalue weighted by Crippen LogP contribution is 2.48. The first kappa shape index (κ1) is 16.2. The molecule has 0 saturated heterocycles. The van der Waals surface area contributed by atoms with Crippen molar-refractivity contribution in [2.75, 3.05) is 5.32 Å². The summed E-state index contributed by atoms with van der Waals surface area (Å²) in [6, 6.07) is 4.73. The van der Waals surface area contributed by atoms with Crippen LogP contribution in [0.5, 0.6) is 0 Å². The molecule has 26 heavy (non-hydrogen) atoms. The van der Waals surface area contributed by atoms with Crippen LogP contribution in [-0.2, 0) is 10.2 Å². The third-order valence-corrected chi connectivity index (χ3v) is 4.24. The number of nitrogens with zero attached hydrogens (tertiary/aromatic N) is 4. The average Bonchev–Trinajstić information content (AvgIpc) is 3.34. The normalized spacial score (nSPS) is 14.9. The van der Waals surface area contributed by atoms with Gasteiger partial charge in [0.05, 0.1) is 29.2 Å². The standard InChI is InChI=1S/C17H12F3N5O/c18-10-6-11(9-21-8-10)25-13(20)7-14(24-25)23-16(26)17(3-4-17)15-12(19)2-1-5-22-15/h1-2,5-9H,3-4H2,(H,23,24,26). The van der Waals surface area contributed by atoms with Crippen LogP contribution < -0.4 is 5.32 Å². The Morgan fingerprint density at radius 1 is 1.19 bits per heavy atom. The number of hydrogen-bond donors (Lipinski definition) is 1. The summed E-state index contributed by atoms with van der Waals surface area (Å²) < 4.78 is 42.2. The first-order chi connectivity index (χ1) is 12.5. The van der Waals surface area contributed by atoms with Crippen molar-refractivity contribution in [1.29, 1.82) is 0 Å². The number of pyridine rings is 2. The third kappa shape index (κ3) is 2.71. The number of aromatic nitrogens is 4. The number of hydrogen-bond acceptors (Lipinski definition) is 4. The molecule has 0 radical (unpaired) electrons. The average molecular weight is 359 g/mol. The summed E-state index contributed by atoms with van der Waals surface area (Å²) in [5, 5.41) is 6.39.